The van der Waals surface area contributed by atoms with Gasteiger partial charge in [-0.15, -0.1) is 0 Å². The number of allylic oxidation sites excluding steroid dienone is 1. The fraction of sp³-hybridized carbons (Fsp3) is 0.531. The zero-order valence-electron chi connectivity index (χ0n) is 26.1. The molecular weight excluding hydrogens is 602 g/mol. The number of benzene rings is 2. The van der Waals surface area contributed by atoms with Crippen LogP contribution in [-0.4, -0.2) is 106 Å². The van der Waals surface area contributed by atoms with Crippen LogP contribution in [-0.2, 0) is 30.8 Å². The first-order valence-electron chi connectivity index (χ1n) is 15.3. The molecule has 1 saturated heterocycles. The molecule has 1 amide bonds. The van der Waals surface area contributed by atoms with Gasteiger partial charge in [-0.1, -0.05) is 19.9 Å². The summed E-state index contributed by atoms with van der Waals surface area (Å²) < 4.78 is 55.8. The van der Waals surface area contributed by atoms with Gasteiger partial charge in [-0.3, -0.25) is 9.69 Å². The number of nitrogens with zero attached hydrogens (tertiary/aromatic N) is 3. The van der Waals surface area contributed by atoms with E-state index in [2.05, 4.69) is 18.7 Å². The van der Waals surface area contributed by atoms with Gasteiger partial charge in [-0.25, -0.2) is 8.42 Å². The average Bonchev–Trinajstić information content (AvgIpc) is 3.52. The normalized spacial score (nSPS) is 20.3. The van der Waals surface area contributed by atoms with E-state index in [1.165, 1.54) is 23.5 Å². The van der Waals surface area contributed by atoms with Crippen LogP contribution < -0.4 is 14.2 Å². The first-order valence-corrected chi connectivity index (χ1v) is 16.8. The maximum atomic E-state index is 13.6. The van der Waals surface area contributed by atoms with E-state index in [1.54, 1.807) is 12.1 Å². The molecule has 0 spiro atoms. The summed E-state index contributed by atoms with van der Waals surface area (Å²) in [6, 6.07) is 12.1. The molecule has 0 aromatic heterocycles. The van der Waals surface area contributed by atoms with Crippen LogP contribution in [0, 0.1) is 11.8 Å². The molecule has 2 atom stereocenters. The largest absolute Gasteiger partial charge is 0.497 e. The van der Waals surface area contributed by atoms with Gasteiger partial charge in [0, 0.05) is 52.2 Å². The molecule has 5 rings (SSSR count). The number of ether oxygens (including phenoxy) is 5. The van der Waals surface area contributed by atoms with Crippen molar-refractivity contribution in [1.82, 2.24) is 14.1 Å². The van der Waals surface area contributed by atoms with Crippen LogP contribution in [0.15, 0.2) is 59.2 Å². The lowest BCUT2D eigenvalue weighted by Crippen LogP contribution is -2.49. The van der Waals surface area contributed by atoms with E-state index in [0.717, 1.165) is 36.7 Å². The maximum absolute atomic E-state index is 13.6. The van der Waals surface area contributed by atoms with Gasteiger partial charge in [-0.05, 0) is 59.9 Å². The third kappa shape index (κ3) is 8.08. The van der Waals surface area contributed by atoms with E-state index in [-0.39, 0.29) is 61.5 Å². The summed E-state index contributed by atoms with van der Waals surface area (Å²) >= 11 is 0. The number of amides is 1. The van der Waals surface area contributed by atoms with Crippen LogP contribution in [0.25, 0.3) is 0 Å². The summed E-state index contributed by atoms with van der Waals surface area (Å²) in [5.74, 6) is 2.49. The predicted molar refractivity (Wildman–Crippen MR) is 165 cm³/mol. The van der Waals surface area contributed by atoms with E-state index in [1.807, 2.05) is 29.2 Å². The quantitative estimate of drug-likeness (QED) is 0.348. The minimum absolute atomic E-state index is 0.0133. The Kier molecular flexibility index (Phi) is 10.9. The molecule has 3 heterocycles. The zero-order chi connectivity index (χ0) is 32.0. The van der Waals surface area contributed by atoms with Crippen molar-refractivity contribution in [2.45, 2.75) is 38.0 Å². The standard InChI is InChI=1S/C32H43N3O9S/c1-23(2)25-19-30(32(37)34-12-10-33(11-13-34)21-24-4-9-28-29(18-24)43-22-42-28)44-31(20-25)41-17-15-35(14-16-36)45(38,39)27-7-5-26(40-3)6-8-27/h4-9,18-19,23,25,31,36H,10-17,20-22H2,1-3H3. The maximum Gasteiger partial charge on any atom is 0.288 e. The Morgan fingerprint density at radius 2 is 1.78 bits per heavy atom. The fourth-order valence-corrected chi connectivity index (χ4v) is 7.03. The lowest BCUT2D eigenvalue weighted by Gasteiger charge is -2.37. The number of piperazine rings is 1. The molecule has 3 aliphatic rings. The molecule has 45 heavy (non-hydrogen) atoms. The Labute approximate surface area is 265 Å². The van der Waals surface area contributed by atoms with Gasteiger partial charge in [0.2, 0.25) is 23.1 Å². The third-order valence-electron chi connectivity index (χ3n) is 8.35. The second-order valence-electron chi connectivity index (χ2n) is 11.7. The summed E-state index contributed by atoms with van der Waals surface area (Å²) in [7, 11) is -2.36. The van der Waals surface area contributed by atoms with Gasteiger partial charge >= 0.3 is 0 Å². The lowest BCUT2D eigenvalue weighted by molar-refractivity contribution is -0.157. The number of methoxy groups -OCH3 is 1. The summed E-state index contributed by atoms with van der Waals surface area (Å²) in [5, 5.41) is 9.56. The molecule has 0 saturated carbocycles. The summed E-state index contributed by atoms with van der Waals surface area (Å²) in [5.41, 5.74) is 1.13. The number of carbonyl (C=O) groups is 1. The number of hydrogen-bond acceptors (Lipinski definition) is 10. The average molecular weight is 646 g/mol. The summed E-state index contributed by atoms with van der Waals surface area (Å²) in [4.78, 5) is 17.8. The smallest absolute Gasteiger partial charge is 0.288 e. The van der Waals surface area contributed by atoms with Gasteiger partial charge in [0.25, 0.3) is 5.91 Å². The predicted octanol–water partition coefficient (Wildman–Crippen LogP) is 2.67. The van der Waals surface area contributed by atoms with Crippen LogP contribution in [0.3, 0.4) is 0 Å². The summed E-state index contributed by atoms with van der Waals surface area (Å²) in [6.45, 7) is 7.40. The lowest BCUT2D eigenvalue weighted by atomic mass is 9.90. The first kappa shape index (κ1) is 33.0. The number of fused-ring (bicyclic) bond motifs is 1. The van der Waals surface area contributed by atoms with Crippen molar-refractivity contribution in [3.8, 4) is 17.2 Å². The molecule has 0 radical (unpaired) electrons. The molecule has 12 nitrogen and oxygen atoms in total. The Hall–Kier alpha value is -3.36. The third-order valence-corrected chi connectivity index (χ3v) is 10.3. The monoisotopic (exact) mass is 645 g/mol. The van der Waals surface area contributed by atoms with E-state index in [0.29, 0.717) is 25.3 Å². The molecular formula is C32H43N3O9S. The van der Waals surface area contributed by atoms with Crippen LogP contribution in [0.4, 0.5) is 0 Å². The highest BCUT2D eigenvalue weighted by Crippen LogP contribution is 2.33. The number of carbonyl (C=O) groups excluding carboxylic acids is 1. The molecule has 2 aromatic carbocycles. The molecule has 0 bridgehead atoms. The first-order chi connectivity index (χ1) is 21.7. The molecule has 13 heteroatoms. The van der Waals surface area contributed by atoms with E-state index in [4.69, 9.17) is 23.7 Å². The molecule has 3 aliphatic heterocycles. The van der Waals surface area contributed by atoms with Crippen molar-refractivity contribution in [2.24, 2.45) is 11.8 Å². The van der Waals surface area contributed by atoms with Crippen LogP contribution in [0.1, 0.15) is 25.8 Å². The second-order valence-corrected chi connectivity index (χ2v) is 13.6. The Morgan fingerprint density at radius 3 is 2.47 bits per heavy atom. The fourth-order valence-electron chi connectivity index (χ4n) is 5.61. The second kappa shape index (κ2) is 14.8. The van der Waals surface area contributed by atoms with Crippen molar-refractivity contribution in [2.75, 3.05) is 66.4 Å². The van der Waals surface area contributed by atoms with E-state index in [9.17, 15) is 18.3 Å². The highest BCUT2D eigenvalue weighted by molar-refractivity contribution is 7.89. The van der Waals surface area contributed by atoms with Gasteiger partial charge in [0.1, 0.15) is 5.75 Å². The number of sulfonamides is 1. The van der Waals surface area contributed by atoms with Gasteiger partial charge < -0.3 is 33.7 Å². The topological polar surface area (TPSA) is 127 Å². The molecule has 1 N–H and O–H groups in total. The molecule has 2 aromatic rings. The van der Waals surface area contributed by atoms with Crippen molar-refractivity contribution in [3.63, 3.8) is 0 Å². The van der Waals surface area contributed by atoms with Gasteiger partial charge in [0.15, 0.2) is 17.3 Å². The minimum Gasteiger partial charge on any atom is -0.497 e. The van der Waals surface area contributed by atoms with Crippen molar-refractivity contribution in [3.05, 3.63) is 59.9 Å². The van der Waals surface area contributed by atoms with Crippen molar-refractivity contribution in [1.29, 1.82) is 0 Å². The number of rotatable bonds is 13. The Balaban J connectivity index is 1.15. The molecule has 0 aliphatic carbocycles. The SMILES string of the molecule is COc1ccc(S(=O)(=O)N(CCO)CCOC2CC(C(C)C)C=C(C(=O)N3CCN(Cc4ccc5c(c4)OCO5)CC3)O2)cc1. The number of aliphatic hydroxyl groups excluding tert-OH is 1. The van der Waals surface area contributed by atoms with E-state index < -0.39 is 16.3 Å². The van der Waals surface area contributed by atoms with Crippen LogP contribution in [0.5, 0.6) is 17.2 Å². The van der Waals surface area contributed by atoms with E-state index >= 15 is 0 Å². The van der Waals surface area contributed by atoms with Crippen LogP contribution in [0.2, 0.25) is 0 Å². The Bertz CT molecular complexity index is 1440. The van der Waals surface area contributed by atoms with Crippen molar-refractivity contribution < 1.29 is 42.0 Å². The molecule has 2 unspecified atom stereocenters. The summed E-state index contributed by atoms with van der Waals surface area (Å²) in [6.07, 6.45) is 1.74. The van der Waals surface area contributed by atoms with Gasteiger partial charge in [-0.2, -0.15) is 4.31 Å². The van der Waals surface area contributed by atoms with Crippen molar-refractivity contribution >= 4 is 15.9 Å². The Morgan fingerprint density at radius 1 is 1.04 bits per heavy atom. The minimum atomic E-state index is -3.87. The van der Waals surface area contributed by atoms with Crippen LogP contribution >= 0.6 is 0 Å². The van der Waals surface area contributed by atoms with Gasteiger partial charge in [0.05, 0.1) is 25.2 Å². The molecule has 246 valence electrons. The highest BCUT2D eigenvalue weighted by Gasteiger charge is 2.33. The number of aliphatic hydroxyl groups is 1. The molecule has 1 fully saturated rings. The zero-order valence-corrected chi connectivity index (χ0v) is 26.9. The highest BCUT2D eigenvalue weighted by atomic mass is 32.2. The number of hydrogen-bond donors (Lipinski definition) is 1.